The van der Waals surface area contributed by atoms with Crippen LogP contribution >= 0.6 is 0 Å². The fourth-order valence-corrected chi connectivity index (χ4v) is 3.54. The van der Waals surface area contributed by atoms with Gasteiger partial charge in [0.2, 0.25) is 5.52 Å². The average Bonchev–Trinajstić information content (AvgIpc) is 2.55. The summed E-state index contributed by atoms with van der Waals surface area (Å²) in [5.74, 6) is 0.662. The zero-order valence-electron chi connectivity index (χ0n) is 14.3. The Morgan fingerprint density at radius 1 is 0.875 bits per heavy atom. The zero-order chi connectivity index (χ0) is 17.0. The Balaban J connectivity index is 2.24. The molecule has 120 valence electrons. The van der Waals surface area contributed by atoms with Gasteiger partial charge in [-0.1, -0.05) is 12.1 Å². The molecule has 0 aliphatic heterocycles. The quantitative estimate of drug-likeness (QED) is 0.419. The van der Waals surface area contributed by atoms with Gasteiger partial charge in [0.05, 0.1) is 17.9 Å². The zero-order valence-corrected chi connectivity index (χ0v) is 14.3. The third-order valence-corrected chi connectivity index (χ3v) is 4.93. The van der Waals surface area contributed by atoms with Crippen LogP contribution in [0.5, 0.6) is 11.5 Å². The van der Waals surface area contributed by atoms with Crippen molar-refractivity contribution in [1.82, 2.24) is 0 Å². The first-order valence-corrected chi connectivity index (χ1v) is 8.02. The first kappa shape index (κ1) is 14.8. The van der Waals surface area contributed by atoms with Gasteiger partial charge in [0.25, 0.3) is 0 Å². The van der Waals surface area contributed by atoms with Gasteiger partial charge in [-0.3, -0.25) is 0 Å². The maximum Gasteiger partial charge on any atom is 0.220 e. The van der Waals surface area contributed by atoms with Gasteiger partial charge in [-0.2, -0.15) is 4.57 Å². The second-order valence-corrected chi connectivity index (χ2v) is 6.47. The number of hydrogen-bond donors (Lipinski definition) is 1. The molecule has 0 saturated heterocycles. The summed E-state index contributed by atoms with van der Waals surface area (Å²) in [5, 5.41) is 15.8. The average molecular weight is 318 g/mol. The Bertz CT molecular complexity index is 1130. The van der Waals surface area contributed by atoms with Crippen LogP contribution in [0.3, 0.4) is 0 Å². The summed E-state index contributed by atoms with van der Waals surface area (Å²) in [6.45, 7) is 4.29. The lowest BCUT2D eigenvalue weighted by Crippen LogP contribution is -2.28. The second kappa shape index (κ2) is 5.10. The summed E-state index contributed by atoms with van der Waals surface area (Å²) in [5.41, 5.74) is 3.73. The summed E-state index contributed by atoms with van der Waals surface area (Å²) in [6, 6.07) is 12.4. The highest BCUT2D eigenvalue weighted by Gasteiger charge is 2.17. The van der Waals surface area contributed by atoms with Crippen LogP contribution < -0.4 is 9.30 Å². The number of ether oxygens (including phenoxy) is 1. The molecular formula is C21H20NO2+. The van der Waals surface area contributed by atoms with E-state index in [-0.39, 0.29) is 5.75 Å². The number of methoxy groups -OCH3 is 1. The molecule has 3 heteroatoms. The SMILES string of the molecule is COc1cc2c(ccc3c4cc(C)c(C)cc4c[n+](C)c23)cc1O. The molecule has 3 aromatic carbocycles. The molecule has 0 saturated carbocycles. The molecule has 1 N–H and O–H groups in total. The summed E-state index contributed by atoms with van der Waals surface area (Å²) in [4.78, 5) is 0. The number of rotatable bonds is 1. The molecule has 0 amide bonds. The maximum absolute atomic E-state index is 10.1. The molecule has 0 bridgehead atoms. The molecule has 4 rings (SSSR count). The summed E-state index contributed by atoms with van der Waals surface area (Å²) in [6.07, 6.45) is 2.17. The van der Waals surface area contributed by atoms with Crippen LogP contribution in [0.25, 0.3) is 32.4 Å². The summed E-state index contributed by atoms with van der Waals surface area (Å²) < 4.78 is 7.46. The largest absolute Gasteiger partial charge is 0.504 e. The number of aryl methyl sites for hydroxylation is 3. The monoisotopic (exact) mass is 318 g/mol. The maximum atomic E-state index is 10.1. The normalized spacial score (nSPS) is 11.5. The molecule has 4 aromatic rings. The molecule has 0 fully saturated rings. The predicted octanol–water partition coefficient (Wildman–Crippen LogP) is 4.30. The van der Waals surface area contributed by atoms with E-state index in [9.17, 15) is 5.11 Å². The number of benzene rings is 3. The number of phenolic OH excluding ortho intramolecular Hbond substituents is 1. The number of nitrogens with zero attached hydrogens (tertiary/aromatic N) is 1. The van der Waals surface area contributed by atoms with Crippen LogP contribution in [-0.4, -0.2) is 12.2 Å². The lowest BCUT2D eigenvalue weighted by Gasteiger charge is -2.10. The minimum Gasteiger partial charge on any atom is -0.504 e. The van der Waals surface area contributed by atoms with Crippen molar-refractivity contribution in [3.05, 3.63) is 53.7 Å². The Morgan fingerprint density at radius 3 is 2.38 bits per heavy atom. The molecular weight excluding hydrogens is 298 g/mol. The van der Waals surface area contributed by atoms with E-state index < -0.39 is 0 Å². The van der Waals surface area contributed by atoms with E-state index in [1.807, 2.05) is 6.07 Å². The number of aromatic hydroxyl groups is 1. The van der Waals surface area contributed by atoms with E-state index in [0.29, 0.717) is 5.75 Å². The van der Waals surface area contributed by atoms with E-state index in [4.69, 9.17) is 4.74 Å². The highest BCUT2D eigenvalue weighted by molar-refractivity contribution is 6.14. The fraction of sp³-hybridized carbons (Fsp3) is 0.190. The van der Waals surface area contributed by atoms with Gasteiger partial charge >= 0.3 is 0 Å². The van der Waals surface area contributed by atoms with Gasteiger partial charge in [0, 0.05) is 10.8 Å². The minimum absolute atomic E-state index is 0.166. The van der Waals surface area contributed by atoms with Crippen LogP contribution in [-0.2, 0) is 7.05 Å². The lowest BCUT2D eigenvalue weighted by molar-refractivity contribution is -0.642. The molecule has 24 heavy (non-hydrogen) atoms. The smallest absolute Gasteiger partial charge is 0.220 e. The van der Waals surface area contributed by atoms with Crippen LogP contribution in [0, 0.1) is 13.8 Å². The van der Waals surface area contributed by atoms with E-state index in [1.165, 1.54) is 27.3 Å². The minimum atomic E-state index is 0.166. The van der Waals surface area contributed by atoms with Crippen molar-refractivity contribution in [3.8, 4) is 11.5 Å². The predicted molar refractivity (Wildman–Crippen MR) is 97.8 cm³/mol. The number of aromatic nitrogens is 1. The van der Waals surface area contributed by atoms with Gasteiger partial charge in [0.15, 0.2) is 17.7 Å². The van der Waals surface area contributed by atoms with Crippen molar-refractivity contribution in [2.75, 3.05) is 7.11 Å². The van der Waals surface area contributed by atoms with Crippen molar-refractivity contribution in [2.24, 2.45) is 7.05 Å². The molecule has 1 aromatic heterocycles. The van der Waals surface area contributed by atoms with Gasteiger partial charge < -0.3 is 9.84 Å². The van der Waals surface area contributed by atoms with E-state index >= 15 is 0 Å². The molecule has 0 unspecified atom stereocenters. The van der Waals surface area contributed by atoms with Crippen molar-refractivity contribution in [3.63, 3.8) is 0 Å². The van der Waals surface area contributed by atoms with E-state index in [0.717, 1.165) is 16.3 Å². The number of phenols is 1. The molecule has 0 atom stereocenters. The van der Waals surface area contributed by atoms with Crippen LogP contribution in [0.15, 0.2) is 42.6 Å². The molecule has 0 spiro atoms. The lowest BCUT2D eigenvalue weighted by atomic mass is 9.97. The molecule has 0 aliphatic carbocycles. The van der Waals surface area contributed by atoms with Crippen LogP contribution in [0.4, 0.5) is 0 Å². The van der Waals surface area contributed by atoms with Gasteiger partial charge in [-0.05, 0) is 54.6 Å². The van der Waals surface area contributed by atoms with E-state index in [1.54, 1.807) is 13.2 Å². The van der Waals surface area contributed by atoms with E-state index in [2.05, 4.69) is 55.9 Å². The van der Waals surface area contributed by atoms with Crippen molar-refractivity contribution in [2.45, 2.75) is 13.8 Å². The van der Waals surface area contributed by atoms with Gasteiger partial charge in [-0.25, -0.2) is 0 Å². The summed E-state index contributed by atoms with van der Waals surface area (Å²) in [7, 11) is 3.64. The second-order valence-electron chi connectivity index (χ2n) is 6.47. The molecule has 0 radical (unpaired) electrons. The number of fused-ring (bicyclic) bond motifs is 5. The molecule has 1 heterocycles. The highest BCUT2D eigenvalue weighted by Crippen LogP contribution is 2.36. The number of pyridine rings is 1. The van der Waals surface area contributed by atoms with Crippen LogP contribution in [0.2, 0.25) is 0 Å². The number of hydrogen-bond acceptors (Lipinski definition) is 2. The van der Waals surface area contributed by atoms with Gasteiger partial charge in [0.1, 0.15) is 7.05 Å². The summed E-state index contributed by atoms with van der Waals surface area (Å²) >= 11 is 0. The topological polar surface area (TPSA) is 33.3 Å². The van der Waals surface area contributed by atoms with Crippen molar-refractivity contribution >= 4 is 32.4 Å². The Kier molecular flexibility index (Phi) is 3.14. The Labute approximate surface area is 140 Å². The van der Waals surface area contributed by atoms with Gasteiger partial charge in [-0.15, -0.1) is 0 Å². The highest BCUT2D eigenvalue weighted by atomic mass is 16.5. The van der Waals surface area contributed by atoms with Crippen LogP contribution in [0.1, 0.15) is 11.1 Å². The van der Waals surface area contributed by atoms with Crippen molar-refractivity contribution < 1.29 is 14.4 Å². The van der Waals surface area contributed by atoms with Crippen molar-refractivity contribution in [1.29, 1.82) is 0 Å². The first-order valence-electron chi connectivity index (χ1n) is 8.02. The third-order valence-electron chi connectivity index (χ3n) is 4.93. The Morgan fingerprint density at radius 2 is 1.62 bits per heavy atom. The Hall–Kier alpha value is -2.81. The fourth-order valence-electron chi connectivity index (χ4n) is 3.54. The first-order chi connectivity index (χ1) is 11.5. The third kappa shape index (κ3) is 2.01. The standard InChI is InChI=1S/C21H19NO2/c1-12-7-15-11-22(3)21-16(17(15)8-13(12)2)6-5-14-9-19(23)20(24-4)10-18(14)21/h5-11H,1-4H3/p+1. The molecule has 3 nitrogen and oxygen atoms in total. The molecule has 0 aliphatic rings.